The Morgan fingerprint density at radius 1 is 0.913 bits per heavy atom. The Morgan fingerprint density at radius 3 is 2.17 bits per heavy atom. The fraction of sp³-hybridized carbons (Fsp3) is 0.368. The van der Waals surface area contributed by atoms with E-state index in [1.54, 1.807) is 0 Å². The molecular weight excluding hydrogens is 290 g/mol. The van der Waals surface area contributed by atoms with Crippen molar-refractivity contribution in [3.63, 3.8) is 0 Å². The third kappa shape index (κ3) is 7.17. The summed E-state index contributed by atoms with van der Waals surface area (Å²) < 4.78 is 0. The van der Waals surface area contributed by atoms with Gasteiger partial charge in [-0.3, -0.25) is 0 Å². The molecular formula is C19H27NO3. The fourth-order valence-electron chi connectivity index (χ4n) is 1.81. The molecule has 2 rings (SSSR count). The number of hydrogen-bond donors (Lipinski definition) is 1. The molecule has 126 valence electrons. The summed E-state index contributed by atoms with van der Waals surface area (Å²) in [6.45, 7) is 8.51. The van der Waals surface area contributed by atoms with Gasteiger partial charge in [0.25, 0.3) is 0 Å². The van der Waals surface area contributed by atoms with Gasteiger partial charge >= 0.3 is 0 Å². The SMILES string of the molecule is CC.CCC(C)c1ccc(OOCNOc2ccccc2)cc1. The van der Waals surface area contributed by atoms with E-state index >= 15 is 0 Å². The standard InChI is InChI=1S/C17H21NO3.C2H6/c1-3-14(2)15-9-11-17(12-10-15)21-19-13-18-20-16-7-5-4-6-8-16;1-2/h4-12,14,18H,3,13H2,1-2H3;1-2H3. The minimum absolute atomic E-state index is 0.127. The quantitative estimate of drug-likeness (QED) is 0.319. The second-order valence-corrected chi connectivity index (χ2v) is 4.78. The van der Waals surface area contributed by atoms with Gasteiger partial charge in [0.1, 0.15) is 5.75 Å². The van der Waals surface area contributed by atoms with Crippen LogP contribution in [0.5, 0.6) is 11.5 Å². The molecule has 0 aromatic heterocycles. The van der Waals surface area contributed by atoms with Crippen molar-refractivity contribution in [3.8, 4) is 11.5 Å². The molecule has 4 nitrogen and oxygen atoms in total. The van der Waals surface area contributed by atoms with Gasteiger partial charge in [-0.05, 0) is 42.2 Å². The zero-order valence-electron chi connectivity index (χ0n) is 14.4. The molecule has 0 bridgehead atoms. The Bertz CT molecular complexity index is 514. The lowest BCUT2D eigenvalue weighted by atomic mass is 9.99. The number of hydrogen-bond acceptors (Lipinski definition) is 4. The van der Waals surface area contributed by atoms with Crippen LogP contribution in [0.15, 0.2) is 54.6 Å². The van der Waals surface area contributed by atoms with E-state index in [0.717, 1.165) is 12.2 Å². The lowest BCUT2D eigenvalue weighted by Gasteiger charge is -2.10. The van der Waals surface area contributed by atoms with E-state index in [4.69, 9.17) is 14.6 Å². The predicted molar refractivity (Wildman–Crippen MR) is 93.3 cm³/mol. The molecule has 4 heteroatoms. The van der Waals surface area contributed by atoms with Crippen LogP contribution in [0.25, 0.3) is 0 Å². The smallest absolute Gasteiger partial charge is 0.176 e. The normalized spacial score (nSPS) is 11.1. The molecule has 0 saturated heterocycles. The Hall–Kier alpha value is -2.04. The Labute approximate surface area is 139 Å². The van der Waals surface area contributed by atoms with Crippen LogP contribution in [0, 0.1) is 0 Å². The molecule has 1 atom stereocenters. The second kappa shape index (κ2) is 11.5. The van der Waals surface area contributed by atoms with Crippen LogP contribution in [0.4, 0.5) is 0 Å². The first-order chi connectivity index (χ1) is 11.3. The van der Waals surface area contributed by atoms with Crippen molar-refractivity contribution in [2.75, 3.05) is 6.73 Å². The first-order valence-electron chi connectivity index (χ1n) is 8.13. The molecule has 0 radical (unpaired) electrons. The molecule has 0 amide bonds. The summed E-state index contributed by atoms with van der Waals surface area (Å²) in [6.07, 6.45) is 1.12. The Kier molecular flexibility index (Phi) is 9.52. The van der Waals surface area contributed by atoms with Crippen molar-refractivity contribution in [2.24, 2.45) is 0 Å². The van der Waals surface area contributed by atoms with Gasteiger partial charge in [-0.1, -0.05) is 58.0 Å². The number of rotatable bonds is 8. The van der Waals surface area contributed by atoms with Crippen LogP contribution in [0.3, 0.4) is 0 Å². The highest BCUT2D eigenvalue weighted by Crippen LogP contribution is 2.21. The molecule has 0 spiro atoms. The van der Waals surface area contributed by atoms with Crippen LogP contribution < -0.4 is 15.2 Å². The number of hydroxylamine groups is 1. The highest BCUT2D eigenvalue weighted by molar-refractivity contribution is 5.28. The van der Waals surface area contributed by atoms with Gasteiger partial charge in [-0.25, -0.2) is 0 Å². The summed E-state index contributed by atoms with van der Waals surface area (Å²) in [5.41, 5.74) is 3.96. The minimum atomic E-state index is 0.127. The fourth-order valence-corrected chi connectivity index (χ4v) is 1.81. The van der Waals surface area contributed by atoms with Crippen molar-refractivity contribution >= 4 is 0 Å². The second-order valence-electron chi connectivity index (χ2n) is 4.78. The summed E-state index contributed by atoms with van der Waals surface area (Å²) in [6, 6.07) is 17.3. The maximum absolute atomic E-state index is 5.25. The monoisotopic (exact) mass is 317 g/mol. The van der Waals surface area contributed by atoms with Gasteiger partial charge in [-0.2, -0.15) is 4.89 Å². The van der Waals surface area contributed by atoms with E-state index in [9.17, 15) is 0 Å². The molecule has 1 N–H and O–H groups in total. The maximum atomic E-state index is 5.25. The van der Waals surface area contributed by atoms with Crippen molar-refractivity contribution < 1.29 is 14.6 Å². The molecule has 1 unspecified atom stereocenters. The molecule has 0 aliphatic rings. The number of benzene rings is 2. The van der Waals surface area contributed by atoms with Gasteiger partial charge in [0.15, 0.2) is 12.5 Å². The number of nitrogens with one attached hydrogen (secondary N) is 1. The molecule has 0 heterocycles. The van der Waals surface area contributed by atoms with E-state index in [1.807, 2.05) is 56.3 Å². The van der Waals surface area contributed by atoms with Gasteiger partial charge in [-0.15, -0.1) is 5.48 Å². The third-order valence-electron chi connectivity index (χ3n) is 3.27. The molecule has 0 fully saturated rings. The highest BCUT2D eigenvalue weighted by atomic mass is 17.2. The summed E-state index contributed by atoms with van der Waals surface area (Å²) in [5, 5.41) is 0. The van der Waals surface area contributed by atoms with E-state index < -0.39 is 0 Å². The zero-order chi connectivity index (χ0) is 16.9. The summed E-state index contributed by atoms with van der Waals surface area (Å²) in [7, 11) is 0. The van der Waals surface area contributed by atoms with Crippen molar-refractivity contribution in [2.45, 2.75) is 40.0 Å². The topological polar surface area (TPSA) is 39.7 Å². The van der Waals surface area contributed by atoms with E-state index in [0.29, 0.717) is 11.7 Å². The zero-order valence-corrected chi connectivity index (χ0v) is 14.4. The first-order valence-corrected chi connectivity index (χ1v) is 8.13. The molecule has 2 aromatic rings. The lowest BCUT2D eigenvalue weighted by Crippen LogP contribution is -2.22. The molecule has 0 aliphatic heterocycles. The van der Waals surface area contributed by atoms with Gasteiger partial charge in [0.2, 0.25) is 0 Å². The minimum Gasteiger partial charge on any atom is -0.406 e. The van der Waals surface area contributed by atoms with Gasteiger partial charge in [0.05, 0.1) is 0 Å². The molecule has 2 aromatic carbocycles. The van der Waals surface area contributed by atoms with Crippen molar-refractivity contribution in [3.05, 3.63) is 60.2 Å². The summed E-state index contributed by atoms with van der Waals surface area (Å²) in [5.74, 6) is 1.95. The van der Waals surface area contributed by atoms with Crippen molar-refractivity contribution in [1.82, 2.24) is 5.48 Å². The van der Waals surface area contributed by atoms with E-state index in [-0.39, 0.29) is 6.73 Å². The van der Waals surface area contributed by atoms with Crippen LogP contribution in [-0.4, -0.2) is 6.73 Å². The van der Waals surface area contributed by atoms with Crippen LogP contribution >= 0.6 is 0 Å². The Morgan fingerprint density at radius 2 is 1.57 bits per heavy atom. The van der Waals surface area contributed by atoms with E-state index in [1.165, 1.54) is 5.56 Å². The van der Waals surface area contributed by atoms with Crippen LogP contribution in [-0.2, 0) is 4.89 Å². The largest absolute Gasteiger partial charge is 0.406 e. The van der Waals surface area contributed by atoms with E-state index in [2.05, 4.69) is 31.5 Å². The van der Waals surface area contributed by atoms with Gasteiger partial charge in [0, 0.05) is 0 Å². The molecule has 23 heavy (non-hydrogen) atoms. The van der Waals surface area contributed by atoms with Crippen LogP contribution in [0.2, 0.25) is 0 Å². The number of para-hydroxylation sites is 1. The summed E-state index contributed by atoms with van der Waals surface area (Å²) >= 11 is 0. The lowest BCUT2D eigenvalue weighted by molar-refractivity contribution is -0.225. The molecule has 0 saturated carbocycles. The highest BCUT2D eigenvalue weighted by Gasteiger charge is 2.03. The van der Waals surface area contributed by atoms with Crippen LogP contribution in [0.1, 0.15) is 45.6 Å². The van der Waals surface area contributed by atoms with Crippen molar-refractivity contribution in [1.29, 1.82) is 0 Å². The Balaban J connectivity index is 0.00000127. The predicted octanol–water partition coefficient (Wildman–Crippen LogP) is 5.08. The maximum Gasteiger partial charge on any atom is 0.176 e. The summed E-state index contributed by atoms with van der Waals surface area (Å²) in [4.78, 5) is 15.5. The average Bonchev–Trinajstić information content (AvgIpc) is 2.64. The van der Waals surface area contributed by atoms with Gasteiger partial charge < -0.3 is 9.73 Å². The first kappa shape index (κ1) is 19.0. The third-order valence-corrected chi connectivity index (χ3v) is 3.27. The molecule has 0 aliphatic carbocycles. The average molecular weight is 317 g/mol.